The Hall–Kier alpha value is -1.73. The van der Waals surface area contributed by atoms with Gasteiger partial charge in [-0.15, -0.1) is 5.73 Å². The molecule has 8 heteroatoms. The lowest BCUT2D eigenvalue weighted by atomic mass is 10.0. The second kappa shape index (κ2) is 8.31. The quantitative estimate of drug-likeness (QED) is 0.542. The van der Waals surface area contributed by atoms with Gasteiger partial charge < -0.3 is 9.47 Å². The summed E-state index contributed by atoms with van der Waals surface area (Å²) < 4.78 is 37.2. The van der Waals surface area contributed by atoms with Crippen molar-refractivity contribution in [3.63, 3.8) is 0 Å². The first-order valence-electron chi connectivity index (χ1n) is 8.05. The van der Waals surface area contributed by atoms with Gasteiger partial charge in [0.15, 0.2) is 0 Å². The molecule has 1 atom stereocenters. The highest BCUT2D eigenvalue weighted by atomic mass is 32.2. The van der Waals surface area contributed by atoms with Gasteiger partial charge in [0.1, 0.15) is 18.4 Å². The molecule has 6 nitrogen and oxygen atoms in total. The number of rotatable bonds is 6. The molecule has 1 aliphatic heterocycles. The standard InChI is InChI=1S/C18H23NO5S2/c1-5-6-12-24-14-7-9-15(10-8-14)26(21,22)19-11-13-25-18(2,3)16(19)17(20)23-4/h6-10,16H,1,11-13H2,2-4H3. The van der Waals surface area contributed by atoms with Gasteiger partial charge in [0.2, 0.25) is 10.0 Å². The van der Waals surface area contributed by atoms with Crippen molar-refractivity contribution in [1.29, 1.82) is 0 Å². The van der Waals surface area contributed by atoms with Crippen LogP contribution in [0, 0.1) is 0 Å². The van der Waals surface area contributed by atoms with E-state index >= 15 is 0 Å². The number of thioether (sulfide) groups is 1. The number of carbonyl (C=O) groups excluding carboxylic acids is 1. The predicted molar refractivity (Wildman–Crippen MR) is 102 cm³/mol. The maximum absolute atomic E-state index is 13.1. The number of methoxy groups -OCH3 is 1. The van der Waals surface area contributed by atoms with Gasteiger partial charge in [0.05, 0.1) is 12.0 Å². The normalized spacial score (nSPS) is 20.0. The summed E-state index contributed by atoms with van der Waals surface area (Å²) in [5.74, 6) is 0.589. The molecule has 0 N–H and O–H groups in total. The monoisotopic (exact) mass is 397 g/mol. The molecule has 142 valence electrons. The first-order valence-corrected chi connectivity index (χ1v) is 10.5. The van der Waals surface area contributed by atoms with Crippen LogP contribution in [0.5, 0.6) is 5.75 Å². The third-order valence-electron chi connectivity index (χ3n) is 4.06. The maximum Gasteiger partial charge on any atom is 0.325 e. The highest BCUT2D eigenvalue weighted by molar-refractivity contribution is 8.00. The largest absolute Gasteiger partial charge is 0.489 e. The van der Waals surface area contributed by atoms with E-state index in [4.69, 9.17) is 9.47 Å². The third-order valence-corrected chi connectivity index (χ3v) is 7.30. The van der Waals surface area contributed by atoms with Gasteiger partial charge in [-0.25, -0.2) is 8.42 Å². The second-order valence-corrected chi connectivity index (χ2v) is 9.82. The van der Waals surface area contributed by atoms with Crippen molar-refractivity contribution >= 4 is 27.8 Å². The molecule has 1 heterocycles. The molecule has 1 unspecified atom stereocenters. The molecule has 0 spiro atoms. The first kappa shape index (κ1) is 20.6. The van der Waals surface area contributed by atoms with Crippen LogP contribution in [0.3, 0.4) is 0 Å². The summed E-state index contributed by atoms with van der Waals surface area (Å²) in [4.78, 5) is 12.4. The molecular formula is C18H23NO5S2. The molecule has 1 aliphatic rings. The van der Waals surface area contributed by atoms with E-state index in [2.05, 4.69) is 12.3 Å². The first-order chi connectivity index (χ1) is 12.2. The summed E-state index contributed by atoms with van der Waals surface area (Å²) in [6.07, 6.45) is 1.62. The number of carbonyl (C=O) groups is 1. The fourth-order valence-electron chi connectivity index (χ4n) is 2.77. The van der Waals surface area contributed by atoms with Gasteiger partial charge in [-0.2, -0.15) is 16.1 Å². The fourth-order valence-corrected chi connectivity index (χ4v) is 5.85. The lowest BCUT2D eigenvalue weighted by Gasteiger charge is -2.43. The topological polar surface area (TPSA) is 72.9 Å². The summed E-state index contributed by atoms with van der Waals surface area (Å²) in [7, 11) is -2.58. The van der Waals surface area contributed by atoms with Crippen molar-refractivity contribution in [3.05, 3.63) is 42.7 Å². The van der Waals surface area contributed by atoms with E-state index in [1.807, 2.05) is 13.8 Å². The molecule has 0 bridgehead atoms. The Morgan fingerprint density at radius 3 is 2.65 bits per heavy atom. The highest BCUT2D eigenvalue weighted by Crippen LogP contribution is 2.38. The Bertz CT molecular complexity index is 795. The zero-order valence-electron chi connectivity index (χ0n) is 15.1. The van der Waals surface area contributed by atoms with E-state index < -0.39 is 26.8 Å². The van der Waals surface area contributed by atoms with Crippen LogP contribution >= 0.6 is 11.8 Å². The zero-order valence-corrected chi connectivity index (χ0v) is 16.7. The predicted octanol–water partition coefficient (Wildman–Crippen LogP) is 2.46. The van der Waals surface area contributed by atoms with E-state index in [1.54, 1.807) is 30.0 Å². The van der Waals surface area contributed by atoms with E-state index in [0.717, 1.165) is 0 Å². The van der Waals surface area contributed by atoms with Crippen LogP contribution in [0.4, 0.5) is 0 Å². The van der Waals surface area contributed by atoms with Crippen LogP contribution < -0.4 is 4.74 Å². The number of benzene rings is 1. The molecule has 0 aromatic heterocycles. The van der Waals surface area contributed by atoms with Gasteiger partial charge in [0, 0.05) is 17.0 Å². The molecule has 0 radical (unpaired) electrons. The number of esters is 1. The Kier molecular flexibility index (Phi) is 6.58. The molecule has 0 saturated carbocycles. The lowest BCUT2D eigenvalue weighted by molar-refractivity contribution is -0.146. The molecular weight excluding hydrogens is 374 g/mol. The van der Waals surface area contributed by atoms with Crippen LogP contribution in [0.25, 0.3) is 0 Å². The van der Waals surface area contributed by atoms with Gasteiger partial charge in [-0.1, -0.05) is 6.58 Å². The minimum absolute atomic E-state index is 0.112. The summed E-state index contributed by atoms with van der Waals surface area (Å²) in [6, 6.07) is 5.24. The molecule has 1 saturated heterocycles. The molecule has 0 aliphatic carbocycles. The summed E-state index contributed by atoms with van der Waals surface area (Å²) in [6.45, 7) is 7.70. The van der Waals surface area contributed by atoms with E-state index in [1.165, 1.54) is 23.5 Å². The Morgan fingerprint density at radius 1 is 1.42 bits per heavy atom. The van der Waals surface area contributed by atoms with Gasteiger partial charge >= 0.3 is 5.97 Å². The minimum Gasteiger partial charge on any atom is -0.489 e. The number of hydrogen-bond donors (Lipinski definition) is 0. The van der Waals surface area contributed by atoms with E-state index in [-0.39, 0.29) is 11.4 Å². The SMILES string of the molecule is C=C=CCOc1ccc(S(=O)(=O)N2CCSC(C)(C)C2C(=O)OC)cc1. The molecule has 1 aromatic carbocycles. The third kappa shape index (κ3) is 4.32. The molecule has 1 fully saturated rings. The van der Waals surface area contributed by atoms with Crippen LogP contribution in [-0.4, -0.2) is 55.5 Å². The minimum atomic E-state index is -3.85. The van der Waals surface area contributed by atoms with Crippen LogP contribution in [0.1, 0.15) is 13.8 Å². The highest BCUT2D eigenvalue weighted by Gasteiger charge is 2.48. The molecule has 2 rings (SSSR count). The van der Waals surface area contributed by atoms with Crippen molar-refractivity contribution in [3.8, 4) is 5.75 Å². The van der Waals surface area contributed by atoms with Crippen molar-refractivity contribution in [2.75, 3.05) is 26.0 Å². The number of sulfonamides is 1. The maximum atomic E-state index is 13.1. The molecule has 1 aromatic rings. The summed E-state index contributed by atoms with van der Waals surface area (Å²) in [5, 5.41) is 0. The second-order valence-electron chi connectivity index (χ2n) is 6.18. The lowest BCUT2D eigenvalue weighted by Crippen LogP contribution is -2.58. The Morgan fingerprint density at radius 2 is 2.08 bits per heavy atom. The molecule has 26 heavy (non-hydrogen) atoms. The Balaban J connectivity index is 2.32. The van der Waals surface area contributed by atoms with Crippen LogP contribution in [0.2, 0.25) is 0 Å². The van der Waals surface area contributed by atoms with Crippen molar-refractivity contribution in [2.24, 2.45) is 0 Å². The van der Waals surface area contributed by atoms with Crippen LogP contribution in [-0.2, 0) is 19.6 Å². The smallest absolute Gasteiger partial charge is 0.325 e. The number of nitrogens with zero attached hydrogens (tertiary/aromatic N) is 1. The van der Waals surface area contributed by atoms with E-state index in [0.29, 0.717) is 18.1 Å². The number of hydrogen-bond acceptors (Lipinski definition) is 6. The Labute approximate surface area is 158 Å². The average molecular weight is 398 g/mol. The van der Waals surface area contributed by atoms with Gasteiger partial charge in [0.25, 0.3) is 0 Å². The van der Waals surface area contributed by atoms with Crippen molar-refractivity contribution in [1.82, 2.24) is 4.31 Å². The van der Waals surface area contributed by atoms with Crippen molar-refractivity contribution < 1.29 is 22.7 Å². The number of ether oxygens (including phenoxy) is 2. The van der Waals surface area contributed by atoms with Gasteiger partial charge in [-0.05, 0) is 44.2 Å². The average Bonchev–Trinajstić information content (AvgIpc) is 2.61. The molecule has 0 amide bonds. The fraction of sp³-hybridized carbons (Fsp3) is 0.444. The van der Waals surface area contributed by atoms with Crippen molar-refractivity contribution in [2.45, 2.75) is 29.5 Å². The van der Waals surface area contributed by atoms with Crippen LogP contribution in [0.15, 0.2) is 47.5 Å². The summed E-state index contributed by atoms with van der Waals surface area (Å²) >= 11 is 1.56. The van der Waals surface area contributed by atoms with E-state index in [9.17, 15) is 13.2 Å². The van der Waals surface area contributed by atoms with Gasteiger partial charge in [-0.3, -0.25) is 4.79 Å². The zero-order chi connectivity index (χ0) is 19.4. The summed E-state index contributed by atoms with van der Waals surface area (Å²) in [5.41, 5.74) is 2.60.